The molecule has 2 aromatic carbocycles. The molecule has 0 unspecified atom stereocenters. The van der Waals surface area contributed by atoms with Crippen molar-refractivity contribution in [2.75, 3.05) is 0 Å². The zero-order valence-corrected chi connectivity index (χ0v) is 9.31. The first-order valence-corrected chi connectivity index (χ1v) is 5.50. The van der Waals surface area contributed by atoms with E-state index in [0.29, 0.717) is 0 Å². The second-order valence-electron chi connectivity index (χ2n) is 4.13. The number of imidazole rings is 2. The molecule has 3 heteroatoms. The Morgan fingerprint density at radius 2 is 2.00 bits per heavy atom. The largest absolute Gasteiger partial charge is 0.312 e. The Hall–Kier alpha value is -2.47. The van der Waals surface area contributed by atoms with Crippen LogP contribution >= 0.6 is 0 Å². The van der Waals surface area contributed by atoms with Crippen molar-refractivity contribution in [2.45, 2.75) is 0 Å². The Balaban J connectivity index is 2.41. The molecule has 0 saturated heterocycles. The van der Waals surface area contributed by atoms with Crippen LogP contribution in [0.4, 0.5) is 0 Å². The van der Waals surface area contributed by atoms with Crippen LogP contribution in [0.25, 0.3) is 27.8 Å². The summed E-state index contributed by atoms with van der Waals surface area (Å²) in [7, 11) is 2.03. The molecule has 0 aliphatic heterocycles. The molecule has 2 aromatic heterocycles. The number of aromatic nitrogens is 3. The Bertz CT molecular complexity index is 852. The van der Waals surface area contributed by atoms with Gasteiger partial charge in [-0.15, -0.1) is 0 Å². The van der Waals surface area contributed by atoms with E-state index in [2.05, 4.69) is 32.2 Å². The average molecular weight is 219 g/mol. The average Bonchev–Trinajstić information content (AvgIpc) is 2.88. The Kier molecular flexibility index (Phi) is 1.43. The normalized spacial score (nSPS) is 11.4. The number of aryl methyl sites for hydroxylation is 1. The molecule has 0 N–H and O–H groups in total. The summed E-state index contributed by atoms with van der Waals surface area (Å²) in [5.74, 6) is 0.942. The maximum absolute atomic E-state index is 4.64. The monoisotopic (exact) mass is 219 g/mol. The lowest BCUT2D eigenvalue weighted by molar-refractivity contribution is 0.973. The lowest BCUT2D eigenvalue weighted by atomic mass is 10.3. The van der Waals surface area contributed by atoms with Crippen LogP contribution in [0.1, 0.15) is 0 Å². The lowest BCUT2D eigenvalue weighted by Gasteiger charge is -1.91. The molecule has 0 aliphatic carbocycles. The number of rotatable bonds is 0. The maximum Gasteiger partial charge on any atom is 0.216 e. The van der Waals surface area contributed by atoms with Gasteiger partial charge in [-0.2, -0.15) is 0 Å². The minimum atomic E-state index is 0.942. The molecular formula is C14H9N3. The first-order valence-electron chi connectivity index (χ1n) is 5.50. The zero-order valence-electron chi connectivity index (χ0n) is 9.31. The maximum atomic E-state index is 4.64. The van der Waals surface area contributed by atoms with Crippen LogP contribution in [0.5, 0.6) is 0 Å². The number of fused-ring (bicyclic) bond motifs is 5. The van der Waals surface area contributed by atoms with E-state index >= 15 is 0 Å². The van der Waals surface area contributed by atoms with Gasteiger partial charge in [0.1, 0.15) is 5.52 Å². The number of hydrogen-bond acceptors (Lipinski definition) is 1. The van der Waals surface area contributed by atoms with E-state index in [1.54, 1.807) is 0 Å². The molecule has 2 heterocycles. The Morgan fingerprint density at radius 1 is 1.12 bits per heavy atom. The van der Waals surface area contributed by atoms with Crippen LogP contribution in [0.2, 0.25) is 0 Å². The molecule has 0 aliphatic rings. The highest BCUT2D eigenvalue weighted by molar-refractivity contribution is 5.89. The van der Waals surface area contributed by atoms with E-state index in [0.717, 1.165) is 27.8 Å². The van der Waals surface area contributed by atoms with Crippen molar-refractivity contribution in [1.82, 2.24) is 14.0 Å². The molecule has 0 saturated carbocycles. The van der Waals surface area contributed by atoms with E-state index in [1.807, 2.05) is 37.4 Å². The van der Waals surface area contributed by atoms with Crippen molar-refractivity contribution in [2.24, 2.45) is 7.05 Å². The van der Waals surface area contributed by atoms with E-state index in [1.165, 1.54) is 0 Å². The minimum Gasteiger partial charge on any atom is -0.312 e. The minimum absolute atomic E-state index is 0.942. The Morgan fingerprint density at radius 3 is 2.94 bits per heavy atom. The van der Waals surface area contributed by atoms with Gasteiger partial charge in [0.05, 0.1) is 16.6 Å². The fourth-order valence-electron chi connectivity index (χ4n) is 2.38. The van der Waals surface area contributed by atoms with Crippen LogP contribution in [0, 0.1) is 12.1 Å². The van der Waals surface area contributed by atoms with Crippen LogP contribution in [-0.2, 0) is 7.05 Å². The van der Waals surface area contributed by atoms with Gasteiger partial charge in [-0.1, -0.05) is 18.2 Å². The highest BCUT2D eigenvalue weighted by atomic mass is 15.2. The summed E-state index contributed by atoms with van der Waals surface area (Å²) in [4.78, 5) is 4.64. The van der Waals surface area contributed by atoms with Crippen molar-refractivity contribution in [3.63, 3.8) is 0 Å². The molecule has 80 valence electrons. The zero-order chi connectivity index (χ0) is 11.4. The van der Waals surface area contributed by atoms with Gasteiger partial charge in [0.2, 0.25) is 5.78 Å². The second-order valence-corrected chi connectivity index (χ2v) is 4.13. The Labute approximate surface area is 97.9 Å². The summed E-state index contributed by atoms with van der Waals surface area (Å²) in [5.41, 5.74) is 4.27. The number of nitrogens with zero attached hydrogens (tertiary/aromatic N) is 3. The third-order valence-corrected chi connectivity index (χ3v) is 3.19. The molecule has 0 atom stereocenters. The fraction of sp³-hybridized carbons (Fsp3) is 0.0714. The van der Waals surface area contributed by atoms with Crippen molar-refractivity contribution in [3.8, 4) is 0 Å². The van der Waals surface area contributed by atoms with Crippen LogP contribution in [0.3, 0.4) is 0 Å². The predicted molar refractivity (Wildman–Crippen MR) is 66.8 cm³/mol. The topological polar surface area (TPSA) is 22.2 Å². The standard InChI is InChI=1S/C14H9N3/c1-16-12-8-4-5-9-13(12)17-11-7-3-2-6-10(11)15-14(16)17/h2-4,6-8H,1H3. The SMILES string of the molecule is Cn1c2ccc#cc2n2c3ccccc3nc12. The summed E-state index contributed by atoms with van der Waals surface area (Å²) >= 11 is 0. The molecule has 3 nitrogen and oxygen atoms in total. The van der Waals surface area contributed by atoms with Gasteiger partial charge < -0.3 is 4.57 Å². The summed E-state index contributed by atoms with van der Waals surface area (Å²) < 4.78 is 4.21. The second kappa shape index (κ2) is 2.80. The van der Waals surface area contributed by atoms with Crippen LogP contribution in [0.15, 0.2) is 36.4 Å². The molecule has 0 amide bonds. The molecule has 17 heavy (non-hydrogen) atoms. The van der Waals surface area contributed by atoms with Crippen LogP contribution < -0.4 is 0 Å². The van der Waals surface area contributed by atoms with Gasteiger partial charge in [0.25, 0.3) is 0 Å². The molecular weight excluding hydrogens is 210 g/mol. The van der Waals surface area contributed by atoms with Crippen molar-refractivity contribution >= 4 is 27.8 Å². The quantitative estimate of drug-likeness (QED) is 0.445. The van der Waals surface area contributed by atoms with Gasteiger partial charge in [-0.05, 0) is 30.3 Å². The lowest BCUT2D eigenvalue weighted by Crippen LogP contribution is -1.87. The summed E-state index contributed by atoms with van der Waals surface area (Å²) in [6.45, 7) is 0. The van der Waals surface area contributed by atoms with Crippen molar-refractivity contribution in [1.29, 1.82) is 0 Å². The van der Waals surface area contributed by atoms with E-state index < -0.39 is 0 Å². The number of hydrogen-bond donors (Lipinski definition) is 0. The number of para-hydroxylation sites is 2. The molecule has 4 aromatic rings. The van der Waals surface area contributed by atoms with Gasteiger partial charge >= 0.3 is 0 Å². The smallest absolute Gasteiger partial charge is 0.216 e. The van der Waals surface area contributed by atoms with Gasteiger partial charge in [0.15, 0.2) is 0 Å². The number of benzene rings is 1. The van der Waals surface area contributed by atoms with E-state index in [9.17, 15) is 0 Å². The van der Waals surface area contributed by atoms with Crippen LogP contribution in [-0.4, -0.2) is 14.0 Å². The third-order valence-electron chi connectivity index (χ3n) is 3.19. The van der Waals surface area contributed by atoms with Gasteiger partial charge in [-0.3, -0.25) is 4.40 Å². The highest BCUT2D eigenvalue weighted by Crippen LogP contribution is 2.23. The van der Waals surface area contributed by atoms with Gasteiger partial charge in [0, 0.05) is 7.05 Å². The summed E-state index contributed by atoms with van der Waals surface area (Å²) in [6.07, 6.45) is 0. The van der Waals surface area contributed by atoms with E-state index in [4.69, 9.17) is 0 Å². The third kappa shape index (κ3) is 0.949. The first-order chi connectivity index (χ1) is 8.36. The summed E-state index contributed by atoms with van der Waals surface area (Å²) in [6, 6.07) is 18.2. The molecule has 0 radical (unpaired) electrons. The highest BCUT2D eigenvalue weighted by Gasteiger charge is 2.12. The molecule has 4 rings (SSSR count). The predicted octanol–water partition coefficient (Wildman–Crippen LogP) is 2.58. The van der Waals surface area contributed by atoms with Crippen molar-refractivity contribution in [3.05, 3.63) is 48.5 Å². The van der Waals surface area contributed by atoms with E-state index in [-0.39, 0.29) is 0 Å². The molecule has 0 bridgehead atoms. The molecule has 0 spiro atoms. The molecule has 0 fully saturated rings. The van der Waals surface area contributed by atoms with Gasteiger partial charge in [-0.25, -0.2) is 4.98 Å². The summed E-state index contributed by atoms with van der Waals surface area (Å²) in [5, 5.41) is 0. The fourth-order valence-corrected chi connectivity index (χ4v) is 2.38. The first kappa shape index (κ1) is 8.66. The van der Waals surface area contributed by atoms with Crippen molar-refractivity contribution < 1.29 is 0 Å².